The molecule has 0 aliphatic heterocycles. The van der Waals surface area contributed by atoms with E-state index in [2.05, 4.69) is 10.6 Å². The quantitative estimate of drug-likeness (QED) is 0.786. The minimum Gasteiger partial charge on any atom is -0.348 e. The summed E-state index contributed by atoms with van der Waals surface area (Å²) in [6, 6.07) is 11.1. The van der Waals surface area contributed by atoms with E-state index in [1.54, 1.807) is 18.2 Å². The van der Waals surface area contributed by atoms with Crippen LogP contribution < -0.4 is 10.6 Å². The first-order chi connectivity index (χ1) is 11.5. The molecule has 1 heterocycles. The molecular weight excluding hydrogens is 320 g/mol. The molecule has 1 atom stereocenters. The monoisotopic (exact) mass is 342 g/mol. The molecule has 0 spiro atoms. The van der Waals surface area contributed by atoms with E-state index in [1.807, 2.05) is 50.4 Å². The lowest BCUT2D eigenvalue weighted by Crippen LogP contribution is -2.38. The van der Waals surface area contributed by atoms with E-state index in [-0.39, 0.29) is 23.6 Å². The van der Waals surface area contributed by atoms with E-state index in [0.717, 1.165) is 16.9 Å². The number of carbonyl (C=O) groups excluding carboxylic acids is 2. The lowest BCUT2D eigenvalue weighted by molar-refractivity contribution is -0.118. The molecular formula is C19H22N2O2S. The van der Waals surface area contributed by atoms with Crippen LogP contribution in [0.4, 0.5) is 0 Å². The Kier molecular flexibility index (Phi) is 6.32. The van der Waals surface area contributed by atoms with Gasteiger partial charge in [-0.05, 0) is 49.9 Å². The Morgan fingerprint density at radius 3 is 2.67 bits per heavy atom. The van der Waals surface area contributed by atoms with Crippen molar-refractivity contribution >= 4 is 29.2 Å². The number of aryl methyl sites for hydroxylation is 1. The molecule has 2 amide bonds. The SMILES string of the molecule is CC[C@@H](C)NC(=O)/C(=C/c1cccs1)NC(=O)c1cccc(C)c1. The van der Waals surface area contributed by atoms with Crippen molar-refractivity contribution < 1.29 is 9.59 Å². The Labute approximate surface area is 146 Å². The number of rotatable bonds is 6. The molecule has 2 rings (SSSR count). The van der Waals surface area contributed by atoms with Crippen molar-refractivity contribution in [2.75, 3.05) is 0 Å². The van der Waals surface area contributed by atoms with E-state index in [9.17, 15) is 9.59 Å². The van der Waals surface area contributed by atoms with Gasteiger partial charge in [-0.1, -0.05) is 30.7 Å². The molecule has 0 aliphatic carbocycles. The fourth-order valence-electron chi connectivity index (χ4n) is 2.06. The fourth-order valence-corrected chi connectivity index (χ4v) is 2.72. The van der Waals surface area contributed by atoms with Gasteiger partial charge in [-0.2, -0.15) is 0 Å². The predicted octanol–water partition coefficient (Wildman–Crippen LogP) is 3.74. The number of thiophene rings is 1. The third kappa shape index (κ3) is 5.06. The van der Waals surface area contributed by atoms with Crippen molar-refractivity contribution in [2.24, 2.45) is 0 Å². The number of hydrogen-bond donors (Lipinski definition) is 2. The molecule has 24 heavy (non-hydrogen) atoms. The van der Waals surface area contributed by atoms with E-state index < -0.39 is 0 Å². The van der Waals surface area contributed by atoms with Gasteiger partial charge in [-0.15, -0.1) is 11.3 Å². The summed E-state index contributed by atoms with van der Waals surface area (Å²) < 4.78 is 0. The minimum atomic E-state index is -0.291. The minimum absolute atomic E-state index is 0.0418. The molecule has 2 N–H and O–H groups in total. The smallest absolute Gasteiger partial charge is 0.268 e. The van der Waals surface area contributed by atoms with Crippen LogP contribution in [0.15, 0.2) is 47.5 Å². The van der Waals surface area contributed by atoms with Crippen LogP contribution in [0.1, 0.15) is 41.1 Å². The molecule has 4 nitrogen and oxygen atoms in total. The van der Waals surface area contributed by atoms with Crippen LogP contribution in [0.2, 0.25) is 0 Å². The number of amides is 2. The highest BCUT2D eigenvalue weighted by Crippen LogP contribution is 2.13. The van der Waals surface area contributed by atoms with Crippen LogP contribution in [0.3, 0.4) is 0 Å². The highest BCUT2D eigenvalue weighted by molar-refractivity contribution is 7.10. The standard InChI is InChI=1S/C19H22N2O2S/c1-4-14(3)20-19(23)17(12-16-9-6-10-24-16)21-18(22)15-8-5-7-13(2)11-15/h5-12,14H,4H2,1-3H3,(H,20,23)(H,21,22)/b17-12-/t14-/m1/s1. The lowest BCUT2D eigenvalue weighted by atomic mass is 10.1. The molecule has 0 unspecified atom stereocenters. The molecule has 0 saturated heterocycles. The Morgan fingerprint density at radius 2 is 2.04 bits per heavy atom. The van der Waals surface area contributed by atoms with Gasteiger partial charge in [-0.25, -0.2) is 0 Å². The molecule has 126 valence electrons. The summed E-state index contributed by atoms with van der Waals surface area (Å²) >= 11 is 1.51. The van der Waals surface area contributed by atoms with Crippen molar-refractivity contribution in [3.63, 3.8) is 0 Å². The van der Waals surface area contributed by atoms with Gasteiger partial charge in [-0.3, -0.25) is 9.59 Å². The average molecular weight is 342 g/mol. The molecule has 0 aliphatic rings. The second-order valence-corrected chi connectivity index (χ2v) is 6.66. The van der Waals surface area contributed by atoms with E-state index in [0.29, 0.717) is 5.56 Å². The third-order valence-electron chi connectivity index (χ3n) is 3.59. The summed E-state index contributed by atoms with van der Waals surface area (Å²) in [5, 5.41) is 7.57. The first-order valence-corrected chi connectivity index (χ1v) is 8.81. The van der Waals surface area contributed by atoms with Crippen molar-refractivity contribution in [1.29, 1.82) is 0 Å². The Bertz CT molecular complexity index is 736. The Balaban J connectivity index is 2.22. The predicted molar refractivity (Wildman–Crippen MR) is 98.8 cm³/mol. The largest absolute Gasteiger partial charge is 0.348 e. The molecule has 1 aromatic carbocycles. The van der Waals surface area contributed by atoms with E-state index in [1.165, 1.54) is 11.3 Å². The zero-order valence-electron chi connectivity index (χ0n) is 14.1. The van der Waals surface area contributed by atoms with Crippen LogP contribution in [0.25, 0.3) is 6.08 Å². The van der Waals surface area contributed by atoms with Gasteiger partial charge in [0.25, 0.3) is 11.8 Å². The van der Waals surface area contributed by atoms with Gasteiger partial charge in [0, 0.05) is 16.5 Å². The Morgan fingerprint density at radius 1 is 1.25 bits per heavy atom. The van der Waals surface area contributed by atoms with Gasteiger partial charge in [0.05, 0.1) is 0 Å². The summed E-state index contributed by atoms with van der Waals surface area (Å²) in [6.07, 6.45) is 2.53. The van der Waals surface area contributed by atoms with E-state index in [4.69, 9.17) is 0 Å². The molecule has 0 bridgehead atoms. The fraction of sp³-hybridized carbons (Fsp3) is 0.263. The number of hydrogen-bond acceptors (Lipinski definition) is 3. The van der Waals surface area contributed by atoms with Crippen LogP contribution in [-0.4, -0.2) is 17.9 Å². The second kappa shape index (κ2) is 8.45. The topological polar surface area (TPSA) is 58.2 Å². The van der Waals surface area contributed by atoms with Gasteiger partial charge in [0.2, 0.25) is 0 Å². The maximum Gasteiger partial charge on any atom is 0.268 e. The summed E-state index contributed by atoms with van der Waals surface area (Å²) in [5.41, 5.74) is 1.78. The van der Waals surface area contributed by atoms with E-state index >= 15 is 0 Å². The summed E-state index contributed by atoms with van der Waals surface area (Å²) in [6.45, 7) is 5.86. The molecule has 0 fully saturated rings. The lowest BCUT2D eigenvalue weighted by Gasteiger charge is -2.14. The maximum atomic E-state index is 12.5. The van der Waals surface area contributed by atoms with Crippen LogP contribution in [-0.2, 0) is 4.79 Å². The zero-order valence-corrected chi connectivity index (χ0v) is 14.9. The molecule has 0 saturated carbocycles. The van der Waals surface area contributed by atoms with Crippen molar-refractivity contribution in [1.82, 2.24) is 10.6 Å². The number of carbonyl (C=O) groups is 2. The molecule has 0 radical (unpaired) electrons. The van der Waals surface area contributed by atoms with Crippen molar-refractivity contribution in [2.45, 2.75) is 33.2 Å². The summed E-state index contributed by atoms with van der Waals surface area (Å²) in [5.74, 6) is -0.570. The van der Waals surface area contributed by atoms with Gasteiger partial charge in [0.15, 0.2) is 0 Å². The number of benzene rings is 1. The van der Waals surface area contributed by atoms with Gasteiger partial charge in [0.1, 0.15) is 5.70 Å². The Hall–Kier alpha value is -2.40. The van der Waals surface area contributed by atoms with Crippen LogP contribution >= 0.6 is 11.3 Å². The maximum absolute atomic E-state index is 12.5. The molecule has 1 aromatic heterocycles. The summed E-state index contributed by atoms with van der Waals surface area (Å²) in [7, 11) is 0. The highest BCUT2D eigenvalue weighted by atomic mass is 32.1. The van der Waals surface area contributed by atoms with Crippen molar-refractivity contribution in [3.8, 4) is 0 Å². The molecule has 2 aromatic rings. The molecule has 5 heteroatoms. The summed E-state index contributed by atoms with van der Waals surface area (Å²) in [4.78, 5) is 25.9. The average Bonchev–Trinajstić information content (AvgIpc) is 3.07. The van der Waals surface area contributed by atoms with Crippen molar-refractivity contribution in [3.05, 3.63) is 63.5 Å². The normalized spacial score (nSPS) is 12.5. The van der Waals surface area contributed by atoms with Gasteiger partial charge >= 0.3 is 0 Å². The van der Waals surface area contributed by atoms with Gasteiger partial charge < -0.3 is 10.6 Å². The number of nitrogens with one attached hydrogen (secondary N) is 2. The first-order valence-electron chi connectivity index (χ1n) is 7.93. The zero-order chi connectivity index (χ0) is 17.5. The highest BCUT2D eigenvalue weighted by Gasteiger charge is 2.16. The second-order valence-electron chi connectivity index (χ2n) is 5.68. The van der Waals surface area contributed by atoms with Crippen LogP contribution in [0.5, 0.6) is 0 Å². The van der Waals surface area contributed by atoms with Crippen LogP contribution in [0, 0.1) is 6.92 Å². The first kappa shape index (κ1) is 17.9. The third-order valence-corrected chi connectivity index (χ3v) is 4.41.